The highest BCUT2D eigenvalue weighted by Crippen LogP contribution is 2.27. The van der Waals surface area contributed by atoms with Crippen molar-refractivity contribution in [3.8, 4) is 0 Å². The van der Waals surface area contributed by atoms with E-state index in [2.05, 4.69) is 21.2 Å². The van der Waals surface area contributed by atoms with Crippen LogP contribution in [-0.4, -0.2) is 0 Å². The molecule has 0 aromatic heterocycles. The molecule has 0 radical (unpaired) electrons. The molecule has 0 heterocycles. The molecule has 0 aliphatic heterocycles. The molecule has 18 heavy (non-hydrogen) atoms. The molecule has 1 N–H and O–H groups in total. The minimum Gasteiger partial charge on any atom is -0.378 e. The Bertz CT molecular complexity index is 534. The highest BCUT2D eigenvalue weighted by Gasteiger charge is 2.09. The van der Waals surface area contributed by atoms with Crippen LogP contribution in [0.1, 0.15) is 5.56 Å². The zero-order chi connectivity index (χ0) is 13.1. The molecule has 2 rings (SSSR count). The van der Waals surface area contributed by atoms with Gasteiger partial charge in [0.15, 0.2) is 0 Å². The normalized spacial score (nSPS) is 10.4. The second kappa shape index (κ2) is 5.67. The summed E-state index contributed by atoms with van der Waals surface area (Å²) in [6.07, 6.45) is 0. The van der Waals surface area contributed by atoms with Crippen molar-refractivity contribution in [3.63, 3.8) is 0 Å². The lowest BCUT2D eigenvalue weighted by molar-refractivity contribution is 0.583. The van der Waals surface area contributed by atoms with Gasteiger partial charge in [-0.1, -0.05) is 23.7 Å². The fraction of sp³-hybridized carbons (Fsp3) is 0.0769. The molecule has 0 fully saturated rings. The molecular formula is C13H9BrClF2N. The van der Waals surface area contributed by atoms with E-state index in [9.17, 15) is 8.78 Å². The Kier molecular flexibility index (Phi) is 4.19. The maximum Gasteiger partial charge on any atom is 0.150 e. The molecule has 0 saturated heterocycles. The third-order valence-electron chi connectivity index (χ3n) is 2.39. The van der Waals surface area contributed by atoms with Crippen LogP contribution in [0.15, 0.2) is 40.9 Å². The van der Waals surface area contributed by atoms with E-state index >= 15 is 0 Å². The molecule has 0 saturated carbocycles. The minimum absolute atomic E-state index is 0.242. The Morgan fingerprint density at radius 1 is 1.11 bits per heavy atom. The minimum atomic E-state index is -0.629. The van der Waals surface area contributed by atoms with Crippen molar-refractivity contribution in [2.75, 3.05) is 5.32 Å². The van der Waals surface area contributed by atoms with Gasteiger partial charge in [-0.15, -0.1) is 0 Å². The number of rotatable bonds is 3. The molecule has 2 aromatic rings. The van der Waals surface area contributed by atoms with Crippen molar-refractivity contribution in [3.05, 3.63) is 63.1 Å². The first-order valence-electron chi connectivity index (χ1n) is 5.19. The average Bonchev–Trinajstić information content (AvgIpc) is 2.30. The average molecular weight is 333 g/mol. The Hall–Kier alpha value is -1.13. The van der Waals surface area contributed by atoms with Crippen molar-refractivity contribution in [2.24, 2.45) is 0 Å². The summed E-state index contributed by atoms with van der Waals surface area (Å²) in [5.74, 6) is -1.24. The summed E-state index contributed by atoms with van der Waals surface area (Å²) in [5.41, 5.74) is 1.20. The highest BCUT2D eigenvalue weighted by molar-refractivity contribution is 9.10. The Balaban J connectivity index is 2.13. The van der Waals surface area contributed by atoms with Crippen molar-refractivity contribution < 1.29 is 8.78 Å². The first kappa shape index (κ1) is 13.3. The van der Waals surface area contributed by atoms with Crippen molar-refractivity contribution >= 4 is 33.2 Å². The summed E-state index contributed by atoms with van der Waals surface area (Å²) in [6, 6.07) is 9.25. The van der Waals surface area contributed by atoms with Crippen LogP contribution < -0.4 is 5.32 Å². The van der Waals surface area contributed by atoms with E-state index in [1.807, 2.05) is 12.1 Å². The van der Waals surface area contributed by atoms with Crippen LogP contribution in [0.4, 0.5) is 14.5 Å². The molecular weight excluding hydrogens is 324 g/mol. The van der Waals surface area contributed by atoms with E-state index in [0.717, 1.165) is 11.6 Å². The van der Waals surface area contributed by atoms with Gasteiger partial charge in [0.25, 0.3) is 0 Å². The lowest BCUT2D eigenvalue weighted by atomic mass is 10.2. The molecule has 5 heteroatoms. The second-order valence-corrected chi connectivity index (χ2v) is 5.02. The monoisotopic (exact) mass is 331 g/mol. The van der Waals surface area contributed by atoms with Crippen molar-refractivity contribution in [1.29, 1.82) is 0 Å². The lowest BCUT2D eigenvalue weighted by Crippen LogP contribution is -2.02. The maximum atomic E-state index is 13.5. The summed E-state index contributed by atoms with van der Waals surface area (Å²) in [6.45, 7) is 0.429. The standard InChI is InChI=1S/C13H9BrClF2N/c14-11-5-10(16)6-12(17)13(11)18-7-8-1-3-9(15)4-2-8/h1-6,18H,7H2. The fourth-order valence-electron chi connectivity index (χ4n) is 1.50. The number of hydrogen-bond acceptors (Lipinski definition) is 1. The van der Waals surface area contributed by atoms with E-state index in [-0.39, 0.29) is 5.69 Å². The van der Waals surface area contributed by atoms with Gasteiger partial charge in [-0.2, -0.15) is 0 Å². The van der Waals surface area contributed by atoms with Crippen molar-refractivity contribution in [2.45, 2.75) is 6.54 Å². The Morgan fingerprint density at radius 3 is 2.39 bits per heavy atom. The third-order valence-corrected chi connectivity index (χ3v) is 3.27. The Labute approximate surface area is 117 Å². The third kappa shape index (κ3) is 3.21. The molecule has 0 bridgehead atoms. The van der Waals surface area contributed by atoms with Crippen molar-refractivity contribution in [1.82, 2.24) is 0 Å². The zero-order valence-electron chi connectivity index (χ0n) is 9.18. The molecule has 0 amide bonds. The van der Waals surface area contributed by atoms with E-state index < -0.39 is 11.6 Å². The smallest absolute Gasteiger partial charge is 0.150 e. The van der Waals surface area contributed by atoms with Gasteiger partial charge >= 0.3 is 0 Å². The quantitative estimate of drug-likeness (QED) is 0.834. The summed E-state index contributed by atoms with van der Waals surface area (Å²) >= 11 is 8.89. The fourth-order valence-corrected chi connectivity index (χ4v) is 2.18. The molecule has 0 spiro atoms. The van der Waals surface area contributed by atoms with Gasteiger partial charge in [-0.25, -0.2) is 8.78 Å². The van der Waals surface area contributed by atoms with Gasteiger partial charge in [0.1, 0.15) is 11.6 Å². The predicted octanol–water partition coefficient (Wildman–Crippen LogP) is 4.99. The topological polar surface area (TPSA) is 12.0 Å². The highest BCUT2D eigenvalue weighted by atomic mass is 79.9. The van der Waals surface area contributed by atoms with Gasteiger partial charge in [0.05, 0.1) is 5.69 Å². The summed E-state index contributed by atoms with van der Waals surface area (Å²) in [5, 5.41) is 3.56. The molecule has 0 aliphatic rings. The van der Waals surface area contributed by atoms with Gasteiger partial charge in [-0.3, -0.25) is 0 Å². The number of anilines is 1. The zero-order valence-corrected chi connectivity index (χ0v) is 11.5. The van der Waals surface area contributed by atoms with E-state index in [1.165, 1.54) is 6.07 Å². The summed E-state index contributed by atoms with van der Waals surface area (Å²) < 4.78 is 26.8. The SMILES string of the molecule is Fc1cc(F)c(NCc2ccc(Cl)cc2)c(Br)c1. The molecule has 2 aromatic carbocycles. The first-order chi connectivity index (χ1) is 8.56. The van der Waals surface area contributed by atoms with Crippen LogP contribution in [-0.2, 0) is 6.54 Å². The van der Waals surface area contributed by atoms with Crippen LogP contribution >= 0.6 is 27.5 Å². The van der Waals surface area contributed by atoms with E-state index in [4.69, 9.17) is 11.6 Å². The Morgan fingerprint density at radius 2 is 1.78 bits per heavy atom. The number of benzene rings is 2. The van der Waals surface area contributed by atoms with Gasteiger partial charge in [0.2, 0.25) is 0 Å². The largest absolute Gasteiger partial charge is 0.378 e. The predicted molar refractivity (Wildman–Crippen MR) is 72.8 cm³/mol. The van der Waals surface area contributed by atoms with Gasteiger partial charge in [-0.05, 0) is 39.7 Å². The lowest BCUT2D eigenvalue weighted by Gasteiger charge is -2.10. The van der Waals surface area contributed by atoms with E-state index in [0.29, 0.717) is 16.0 Å². The molecule has 94 valence electrons. The van der Waals surface area contributed by atoms with Crippen LogP contribution in [0.2, 0.25) is 5.02 Å². The maximum absolute atomic E-state index is 13.5. The van der Waals surface area contributed by atoms with Gasteiger partial charge in [0, 0.05) is 22.1 Å². The van der Waals surface area contributed by atoms with Crippen LogP contribution in [0.3, 0.4) is 0 Å². The first-order valence-corrected chi connectivity index (χ1v) is 6.36. The van der Waals surface area contributed by atoms with Crippen LogP contribution in [0.5, 0.6) is 0 Å². The van der Waals surface area contributed by atoms with Crippen LogP contribution in [0.25, 0.3) is 0 Å². The number of hydrogen-bond donors (Lipinski definition) is 1. The molecule has 1 nitrogen and oxygen atoms in total. The van der Waals surface area contributed by atoms with E-state index in [1.54, 1.807) is 12.1 Å². The number of nitrogens with one attached hydrogen (secondary N) is 1. The van der Waals surface area contributed by atoms with Crippen LogP contribution in [0, 0.1) is 11.6 Å². The summed E-state index contributed by atoms with van der Waals surface area (Å²) in [4.78, 5) is 0. The molecule has 0 aliphatic carbocycles. The summed E-state index contributed by atoms with van der Waals surface area (Å²) in [7, 11) is 0. The number of halogens is 4. The molecule has 0 atom stereocenters. The molecule has 0 unspecified atom stereocenters. The second-order valence-electron chi connectivity index (χ2n) is 3.72. The van der Waals surface area contributed by atoms with Gasteiger partial charge < -0.3 is 5.32 Å².